The number of fused-ring (bicyclic) bond motifs is 1. The fourth-order valence-corrected chi connectivity index (χ4v) is 4.59. The van der Waals surface area contributed by atoms with E-state index in [1.165, 1.54) is 6.33 Å². The van der Waals surface area contributed by atoms with Crippen LogP contribution >= 0.6 is 11.6 Å². The number of nitrogens with one attached hydrogen (secondary N) is 2. The Hall–Kier alpha value is -2.26. The monoisotopic (exact) mass is 458 g/mol. The Morgan fingerprint density at radius 1 is 1.12 bits per heavy atom. The molecule has 1 aromatic heterocycles. The van der Waals surface area contributed by atoms with Gasteiger partial charge in [-0.3, -0.25) is 10.2 Å². The molecule has 4 rings (SSSR count). The standard InChI is InChI=1S/C23H31ClN6O2/c1-14(2)27-28-20(16-4-6-17(24)7-5-16)23(32)30-10-8-29(9-11-30)22-19-15(3)12-18(31)21(19)25-13-26-22/h4-7,13-15,18,20,27-28,31H,8-12H2,1-3H3/t15-,18-,20-/m1/s1. The summed E-state index contributed by atoms with van der Waals surface area (Å²) in [6.45, 7) is 8.71. The quantitative estimate of drug-likeness (QED) is 0.573. The minimum atomic E-state index is -0.524. The maximum Gasteiger partial charge on any atom is 0.245 e. The molecule has 3 atom stereocenters. The van der Waals surface area contributed by atoms with E-state index in [1.807, 2.05) is 30.9 Å². The van der Waals surface area contributed by atoms with Crippen LogP contribution in [-0.2, 0) is 4.79 Å². The third-order valence-electron chi connectivity index (χ3n) is 6.14. The molecule has 0 bridgehead atoms. The molecular weight excluding hydrogens is 428 g/mol. The molecule has 1 amide bonds. The highest BCUT2D eigenvalue weighted by atomic mass is 35.5. The van der Waals surface area contributed by atoms with Crippen molar-refractivity contribution in [3.8, 4) is 0 Å². The van der Waals surface area contributed by atoms with Gasteiger partial charge in [0.25, 0.3) is 0 Å². The lowest BCUT2D eigenvalue weighted by Crippen LogP contribution is -2.54. The van der Waals surface area contributed by atoms with Gasteiger partial charge in [0.15, 0.2) is 0 Å². The molecule has 2 aliphatic rings. The molecule has 1 aromatic carbocycles. The third-order valence-corrected chi connectivity index (χ3v) is 6.39. The maximum absolute atomic E-state index is 13.4. The molecule has 0 radical (unpaired) electrons. The van der Waals surface area contributed by atoms with Crippen LogP contribution in [0.4, 0.5) is 5.82 Å². The topological polar surface area (TPSA) is 93.6 Å². The minimum absolute atomic E-state index is 0.0248. The smallest absolute Gasteiger partial charge is 0.245 e. The molecule has 0 spiro atoms. The Morgan fingerprint density at radius 3 is 2.47 bits per heavy atom. The first-order valence-corrected chi connectivity index (χ1v) is 11.6. The Balaban J connectivity index is 1.47. The number of aromatic nitrogens is 2. The van der Waals surface area contributed by atoms with E-state index in [2.05, 4.69) is 32.6 Å². The van der Waals surface area contributed by atoms with Gasteiger partial charge in [-0.05, 0) is 43.9 Å². The van der Waals surface area contributed by atoms with Gasteiger partial charge >= 0.3 is 0 Å². The van der Waals surface area contributed by atoms with Crippen LogP contribution < -0.4 is 15.8 Å². The zero-order valence-corrected chi connectivity index (χ0v) is 19.5. The van der Waals surface area contributed by atoms with Gasteiger partial charge in [0.2, 0.25) is 5.91 Å². The second-order valence-corrected chi connectivity index (χ2v) is 9.33. The van der Waals surface area contributed by atoms with Crippen LogP contribution in [0.2, 0.25) is 5.02 Å². The third kappa shape index (κ3) is 4.73. The first kappa shape index (κ1) is 22.9. The number of piperazine rings is 1. The molecular formula is C23H31ClN6O2. The number of carbonyl (C=O) groups is 1. The lowest BCUT2D eigenvalue weighted by Gasteiger charge is -2.38. The normalized spacial score (nSPS) is 21.7. The van der Waals surface area contributed by atoms with Crippen LogP contribution in [0, 0.1) is 0 Å². The van der Waals surface area contributed by atoms with Gasteiger partial charge in [-0.2, -0.15) is 0 Å². The summed E-state index contributed by atoms with van der Waals surface area (Å²) in [5.41, 5.74) is 9.02. The van der Waals surface area contributed by atoms with Crippen LogP contribution in [0.3, 0.4) is 0 Å². The number of carbonyl (C=O) groups excluding carboxylic acids is 1. The summed E-state index contributed by atoms with van der Waals surface area (Å²) in [6.07, 6.45) is 1.69. The molecule has 0 unspecified atom stereocenters. The van der Waals surface area contributed by atoms with E-state index >= 15 is 0 Å². The molecule has 3 N–H and O–H groups in total. The molecule has 1 aliphatic heterocycles. The van der Waals surface area contributed by atoms with Crippen molar-refractivity contribution in [2.24, 2.45) is 0 Å². The van der Waals surface area contributed by atoms with E-state index in [9.17, 15) is 9.90 Å². The molecule has 1 aliphatic carbocycles. The number of halogens is 1. The number of hydrogen-bond donors (Lipinski definition) is 3. The van der Waals surface area contributed by atoms with E-state index in [4.69, 9.17) is 11.6 Å². The largest absolute Gasteiger partial charge is 0.387 e. The molecule has 1 fully saturated rings. The summed E-state index contributed by atoms with van der Waals surface area (Å²) < 4.78 is 0. The van der Waals surface area contributed by atoms with Gasteiger partial charge in [-0.15, -0.1) is 0 Å². The SMILES string of the molecule is CC(C)NN[C@@H](C(=O)N1CCN(c2ncnc3c2[C@H](C)C[C@H]3O)CC1)c1ccc(Cl)cc1. The fraction of sp³-hybridized carbons (Fsp3) is 0.522. The maximum atomic E-state index is 13.4. The van der Waals surface area contributed by atoms with E-state index in [0.29, 0.717) is 37.6 Å². The summed E-state index contributed by atoms with van der Waals surface area (Å²) in [7, 11) is 0. The number of anilines is 1. The summed E-state index contributed by atoms with van der Waals surface area (Å²) in [5, 5.41) is 10.9. The summed E-state index contributed by atoms with van der Waals surface area (Å²) >= 11 is 6.04. The lowest BCUT2D eigenvalue weighted by molar-refractivity contribution is -0.134. The van der Waals surface area contributed by atoms with Crippen molar-refractivity contribution in [2.45, 2.75) is 51.3 Å². The van der Waals surface area contributed by atoms with E-state index in [0.717, 1.165) is 22.6 Å². The van der Waals surface area contributed by atoms with Crippen LogP contribution in [0.15, 0.2) is 30.6 Å². The number of aliphatic hydroxyl groups excluding tert-OH is 1. The van der Waals surface area contributed by atoms with Gasteiger partial charge in [-0.25, -0.2) is 15.4 Å². The van der Waals surface area contributed by atoms with Crippen molar-refractivity contribution in [3.63, 3.8) is 0 Å². The van der Waals surface area contributed by atoms with Crippen molar-refractivity contribution >= 4 is 23.3 Å². The van der Waals surface area contributed by atoms with Gasteiger partial charge in [0.1, 0.15) is 18.2 Å². The van der Waals surface area contributed by atoms with Gasteiger partial charge in [0, 0.05) is 42.8 Å². The molecule has 32 heavy (non-hydrogen) atoms. The second-order valence-electron chi connectivity index (χ2n) is 8.89. The van der Waals surface area contributed by atoms with E-state index in [1.54, 1.807) is 12.1 Å². The highest BCUT2D eigenvalue weighted by Gasteiger charge is 2.35. The number of hydrazine groups is 1. The molecule has 2 aromatic rings. The van der Waals surface area contributed by atoms with Crippen LogP contribution in [0.5, 0.6) is 0 Å². The summed E-state index contributed by atoms with van der Waals surface area (Å²) in [5.74, 6) is 1.13. The first-order valence-electron chi connectivity index (χ1n) is 11.2. The average molecular weight is 459 g/mol. The van der Waals surface area contributed by atoms with Crippen LogP contribution in [-0.4, -0.2) is 58.1 Å². The van der Waals surface area contributed by atoms with Crippen molar-refractivity contribution in [1.29, 1.82) is 0 Å². The van der Waals surface area contributed by atoms with Crippen molar-refractivity contribution < 1.29 is 9.90 Å². The van der Waals surface area contributed by atoms with Crippen LogP contribution in [0.1, 0.15) is 62.1 Å². The minimum Gasteiger partial charge on any atom is -0.387 e. The molecule has 1 saturated heterocycles. The number of nitrogens with zero attached hydrogens (tertiary/aromatic N) is 4. The average Bonchev–Trinajstić information content (AvgIpc) is 3.08. The van der Waals surface area contributed by atoms with Crippen molar-refractivity contribution in [3.05, 3.63) is 52.4 Å². The number of amides is 1. The summed E-state index contributed by atoms with van der Waals surface area (Å²) in [6, 6.07) is 7.06. The lowest BCUT2D eigenvalue weighted by atomic mass is 10.0. The molecule has 9 heteroatoms. The van der Waals surface area contributed by atoms with Gasteiger partial charge < -0.3 is 14.9 Å². The highest BCUT2D eigenvalue weighted by Crippen LogP contribution is 2.42. The van der Waals surface area contributed by atoms with Gasteiger partial charge in [-0.1, -0.05) is 30.7 Å². The Kier molecular flexibility index (Phi) is 6.95. The highest BCUT2D eigenvalue weighted by molar-refractivity contribution is 6.30. The Morgan fingerprint density at radius 2 is 1.81 bits per heavy atom. The Bertz CT molecular complexity index is 946. The fourth-order valence-electron chi connectivity index (χ4n) is 4.47. The van der Waals surface area contributed by atoms with Crippen LogP contribution in [0.25, 0.3) is 0 Å². The van der Waals surface area contributed by atoms with E-state index < -0.39 is 12.1 Å². The summed E-state index contributed by atoms with van der Waals surface area (Å²) in [4.78, 5) is 26.4. The number of hydrogen-bond acceptors (Lipinski definition) is 7. The molecule has 2 heterocycles. The molecule has 172 valence electrons. The number of rotatable bonds is 6. The predicted molar refractivity (Wildman–Crippen MR) is 124 cm³/mol. The first-order chi connectivity index (χ1) is 15.3. The Labute approximate surface area is 194 Å². The zero-order valence-electron chi connectivity index (χ0n) is 18.8. The zero-order chi connectivity index (χ0) is 22.8. The molecule has 0 saturated carbocycles. The number of benzene rings is 1. The van der Waals surface area contributed by atoms with E-state index in [-0.39, 0.29) is 17.9 Å². The van der Waals surface area contributed by atoms with Gasteiger partial charge in [0.05, 0.1) is 11.8 Å². The van der Waals surface area contributed by atoms with Crippen molar-refractivity contribution in [1.82, 2.24) is 25.7 Å². The molecule has 8 nitrogen and oxygen atoms in total. The predicted octanol–water partition coefficient (Wildman–Crippen LogP) is 2.56. The van der Waals surface area contributed by atoms with Crippen molar-refractivity contribution in [2.75, 3.05) is 31.1 Å². The number of aliphatic hydroxyl groups is 1. The second kappa shape index (κ2) is 9.70.